The van der Waals surface area contributed by atoms with Crippen LogP contribution in [0.25, 0.3) is 0 Å². The summed E-state index contributed by atoms with van der Waals surface area (Å²) in [6, 6.07) is 0.872. The number of carbonyl (C=O) groups is 2. The van der Waals surface area contributed by atoms with Crippen molar-refractivity contribution < 1.29 is 29.1 Å². The van der Waals surface area contributed by atoms with Crippen molar-refractivity contribution >= 4 is 17.7 Å². The number of amides is 2. The molecule has 3 N–H and O–H groups in total. The summed E-state index contributed by atoms with van der Waals surface area (Å²) in [6.07, 6.45) is 0.613. The second kappa shape index (κ2) is 8.39. The molecule has 0 fully saturated rings. The summed E-state index contributed by atoms with van der Waals surface area (Å²) >= 11 is 0. The highest BCUT2D eigenvalue weighted by molar-refractivity contribution is 5.95. The van der Waals surface area contributed by atoms with Gasteiger partial charge in [0.25, 0.3) is 0 Å². The van der Waals surface area contributed by atoms with E-state index < -0.39 is 34.4 Å². The van der Waals surface area contributed by atoms with Crippen molar-refractivity contribution in [3.8, 4) is 11.5 Å². The van der Waals surface area contributed by atoms with Crippen LogP contribution in [0, 0.1) is 10.1 Å². The van der Waals surface area contributed by atoms with Crippen LogP contribution < -0.4 is 15.4 Å². The van der Waals surface area contributed by atoms with Gasteiger partial charge in [0.05, 0.1) is 29.8 Å². The van der Waals surface area contributed by atoms with Gasteiger partial charge in [-0.2, -0.15) is 0 Å². The predicted molar refractivity (Wildman–Crippen MR) is 94.3 cm³/mol. The van der Waals surface area contributed by atoms with Gasteiger partial charge in [0.2, 0.25) is 5.75 Å². The van der Waals surface area contributed by atoms with E-state index in [9.17, 15) is 24.8 Å². The zero-order chi connectivity index (χ0) is 20.1. The number of carbonyl (C=O) groups excluding carboxylic acids is 2. The zero-order valence-electron chi connectivity index (χ0n) is 15.2. The Hall–Kier alpha value is -3.30. The molecule has 1 aromatic rings. The van der Waals surface area contributed by atoms with E-state index in [-0.39, 0.29) is 35.8 Å². The minimum absolute atomic E-state index is 0.116. The van der Waals surface area contributed by atoms with Crippen LogP contribution in [0.5, 0.6) is 11.5 Å². The van der Waals surface area contributed by atoms with Gasteiger partial charge in [0, 0.05) is 11.8 Å². The van der Waals surface area contributed by atoms with E-state index in [1.807, 2.05) is 6.92 Å². The van der Waals surface area contributed by atoms with Crippen molar-refractivity contribution in [3.05, 3.63) is 39.1 Å². The Morgan fingerprint density at radius 3 is 2.67 bits per heavy atom. The lowest BCUT2D eigenvalue weighted by atomic mass is 9.94. The van der Waals surface area contributed by atoms with Gasteiger partial charge >= 0.3 is 17.7 Å². The number of hydrogen-bond acceptors (Lipinski definition) is 7. The Balaban J connectivity index is 2.58. The molecule has 0 aliphatic carbocycles. The molecule has 0 aromatic heterocycles. The first kappa shape index (κ1) is 20.0. The van der Waals surface area contributed by atoms with Crippen LogP contribution in [0.3, 0.4) is 0 Å². The number of nitrogens with one attached hydrogen (secondary N) is 2. The van der Waals surface area contributed by atoms with Crippen LogP contribution in [0.2, 0.25) is 0 Å². The molecule has 1 atom stereocenters. The van der Waals surface area contributed by atoms with E-state index in [1.54, 1.807) is 6.92 Å². The first-order valence-electron chi connectivity index (χ1n) is 8.39. The van der Waals surface area contributed by atoms with Crippen LogP contribution in [0.1, 0.15) is 38.8 Å². The topological polar surface area (TPSA) is 140 Å². The first-order chi connectivity index (χ1) is 12.8. The maximum atomic E-state index is 12.5. The second-order valence-electron chi connectivity index (χ2n) is 5.78. The molecule has 1 aliphatic rings. The molecule has 2 rings (SSSR count). The summed E-state index contributed by atoms with van der Waals surface area (Å²) in [6.45, 7) is 5.38. The zero-order valence-corrected chi connectivity index (χ0v) is 15.2. The summed E-state index contributed by atoms with van der Waals surface area (Å²) in [5, 5.41) is 26.4. The monoisotopic (exact) mass is 379 g/mol. The number of esters is 1. The van der Waals surface area contributed by atoms with E-state index in [1.165, 1.54) is 13.0 Å². The fourth-order valence-electron chi connectivity index (χ4n) is 2.67. The van der Waals surface area contributed by atoms with E-state index in [0.717, 1.165) is 6.07 Å². The molecule has 0 saturated heterocycles. The van der Waals surface area contributed by atoms with Gasteiger partial charge in [0.1, 0.15) is 0 Å². The van der Waals surface area contributed by atoms with Crippen molar-refractivity contribution in [3.63, 3.8) is 0 Å². The summed E-state index contributed by atoms with van der Waals surface area (Å²) in [4.78, 5) is 34.9. The predicted octanol–water partition coefficient (Wildman–Crippen LogP) is 2.28. The molecule has 0 bridgehead atoms. The van der Waals surface area contributed by atoms with Crippen molar-refractivity contribution in [1.29, 1.82) is 0 Å². The molecular formula is C17H21N3O7. The number of urea groups is 1. The van der Waals surface area contributed by atoms with Gasteiger partial charge in [-0.1, -0.05) is 6.92 Å². The molecule has 0 radical (unpaired) electrons. The van der Waals surface area contributed by atoms with Crippen molar-refractivity contribution in [2.45, 2.75) is 33.2 Å². The average Bonchev–Trinajstić information content (AvgIpc) is 2.60. The molecule has 10 heteroatoms. The number of nitrogens with zero attached hydrogens (tertiary/aromatic N) is 1. The molecule has 146 valence electrons. The summed E-state index contributed by atoms with van der Waals surface area (Å²) in [5.74, 6) is -1.39. The normalized spacial score (nSPS) is 16.4. The van der Waals surface area contributed by atoms with Crippen molar-refractivity contribution in [2.24, 2.45) is 0 Å². The SMILES string of the molecule is CCCOC(=O)C1=C(C)NC(=O)N[C@@H]1c1cc(OCC)c(O)c([N+](=O)[O-])c1. The Morgan fingerprint density at radius 1 is 1.37 bits per heavy atom. The van der Waals surface area contributed by atoms with Gasteiger partial charge < -0.3 is 25.2 Å². The third kappa shape index (κ3) is 4.27. The number of ether oxygens (including phenoxy) is 2. The number of nitro benzene ring substituents is 1. The van der Waals surface area contributed by atoms with Crippen molar-refractivity contribution in [2.75, 3.05) is 13.2 Å². The van der Waals surface area contributed by atoms with Crippen LogP contribution in [-0.4, -0.2) is 35.2 Å². The number of nitro groups is 1. The minimum atomic E-state index is -0.999. The minimum Gasteiger partial charge on any atom is -0.500 e. The van der Waals surface area contributed by atoms with Crippen LogP contribution in [0.15, 0.2) is 23.4 Å². The molecule has 2 amide bonds. The van der Waals surface area contributed by atoms with Gasteiger partial charge in [0.15, 0.2) is 5.75 Å². The fourth-order valence-corrected chi connectivity index (χ4v) is 2.67. The van der Waals surface area contributed by atoms with Crippen LogP contribution in [0.4, 0.5) is 10.5 Å². The summed E-state index contributed by atoms with van der Waals surface area (Å²) in [7, 11) is 0. The molecule has 0 saturated carbocycles. The molecular weight excluding hydrogens is 358 g/mol. The highest BCUT2D eigenvalue weighted by Crippen LogP contribution is 2.40. The maximum Gasteiger partial charge on any atom is 0.338 e. The fraction of sp³-hybridized carbons (Fsp3) is 0.412. The molecule has 1 aliphatic heterocycles. The van der Waals surface area contributed by atoms with Gasteiger partial charge in [-0.05, 0) is 31.9 Å². The van der Waals surface area contributed by atoms with Crippen molar-refractivity contribution in [1.82, 2.24) is 10.6 Å². The lowest BCUT2D eigenvalue weighted by molar-refractivity contribution is -0.386. The molecule has 0 spiro atoms. The molecule has 27 heavy (non-hydrogen) atoms. The number of phenolic OH excluding ortho intramolecular Hbond substituents is 1. The number of rotatable bonds is 7. The van der Waals surface area contributed by atoms with E-state index in [0.29, 0.717) is 6.42 Å². The van der Waals surface area contributed by atoms with E-state index >= 15 is 0 Å². The lowest BCUT2D eigenvalue weighted by Crippen LogP contribution is -2.45. The van der Waals surface area contributed by atoms with Gasteiger partial charge in [-0.25, -0.2) is 9.59 Å². The third-order valence-electron chi connectivity index (χ3n) is 3.83. The number of hydrogen-bond donors (Lipinski definition) is 3. The standard InChI is InChI=1S/C17H21N3O7/c1-4-6-27-16(22)13-9(3)18-17(23)19-14(13)10-7-11(20(24)25)15(21)12(8-10)26-5-2/h7-8,14,21H,4-6H2,1-3H3,(H2,18,19,23)/t14-/m1/s1. The summed E-state index contributed by atoms with van der Waals surface area (Å²) in [5.41, 5.74) is 0.00675. The van der Waals surface area contributed by atoms with E-state index in [4.69, 9.17) is 9.47 Å². The number of phenols is 1. The highest BCUT2D eigenvalue weighted by atomic mass is 16.6. The molecule has 1 aromatic carbocycles. The molecule has 0 unspecified atom stereocenters. The van der Waals surface area contributed by atoms with Gasteiger partial charge in [-0.15, -0.1) is 0 Å². The number of aromatic hydroxyl groups is 1. The molecule has 1 heterocycles. The largest absolute Gasteiger partial charge is 0.500 e. The Labute approximate surface area is 155 Å². The quantitative estimate of drug-likeness (QED) is 0.375. The Kier molecular flexibility index (Phi) is 6.22. The highest BCUT2D eigenvalue weighted by Gasteiger charge is 2.34. The van der Waals surface area contributed by atoms with Crippen LogP contribution >= 0.6 is 0 Å². The second-order valence-corrected chi connectivity index (χ2v) is 5.78. The van der Waals surface area contributed by atoms with Crippen LogP contribution in [-0.2, 0) is 9.53 Å². The van der Waals surface area contributed by atoms with Gasteiger partial charge in [-0.3, -0.25) is 10.1 Å². The number of benzene rings is 1. The lowest BCUT2D eigenvalue weighted by Gasteiger charge is -2.28. The number of allylic oxidation sites excluding steroid dienone is 1. The smallest absolute Gasteiger partial charge is 0.338 e. The average molecular weight is 379 g/mol. The maximum absolute atomic E-state index is 12.5. The first-order valence-corrected chi connectivity index (χ1v) is 8.39. The Bertz CT molecular complexity index is 804. The third-order valence-corrected chi connectivity index (χ3v) is 3.83. The summed E-state index contributed by atoms with van der Waals surface area (Å²) < 4.78 is 10.4. The Morgan fingerprint density at radius 2 is 2.07 bits per heavy atom. The molecule has 10 nitrogen and oxygen atoms in total. The van der Waals surface area contributed by atoms with E-state index in [2.05, 4.69) is 10.6 Å².